The molecule has 0 aromatic rings. The molecule has 0 bridgehead atoms. The third-order valence-corrected chi connectivity index (χ3v) is 7.50. The van der Waals surface area contributed by atoms with Gasteiger partial charge in [0.2, 0.25) is 0 Å². The summed E-state index contributed by atoms with van der Waals surface area (Å²) >= 11 is 0. The van der Waals surface area contributed by atoms with E-state index < -0.39 is 7.75 Å². The first-order chi connectivity index (χ1) is 15.5. The number of hydrogen-bond donors (Lipinski definition) is 2. The molecule has 0 unspecified atom stereocenters. The number of allylic oxidation sites excluding steroid dienone is 2. The molecule has 0 radical (unpaired) electrons. The van der Waals surface area contributed by atoms with E-state index in [1.807, 2.05) is 0 Å². The predicted molar refractivity (Wildman–Crippen MR) is 138 cm³/mol. The van der Waals surface area contributed by atoms with E-state index in [4.69, 9.17) is 9.05 Å². The molecule has 1 rings (SSSR count). The van der Waals surface area contributed by atoms with E-state index in [2.05, 4.69) is 43.3 Å². The van der Waals surface area contributed by atoms with Crippen molar-refractivity contribution in [2.24, 2.45) is 5.41 Å². The van der Waals surface area contributed by atoms with Gasteiger partial charge in [-0.2, -0.15) is 0 Å². The minimum atomic E-state index is -3.07. The van der Waals surface area contributed by atoms with Crippen molar-refractivity contribution in [1.82, 2.24) is 10.4 Å². The molecule has 6 heteroatoms. The van der Waals surface area contributed by atoms with E-state index in [-0.39, 0.29) is 5.41 Å². The van der Waals surface area contributed by atoms with Crippen LogP contribution in [0.5, 0.6) is 0 Å². The molecule has 0 aromatic carbocycles. The Bertz CT molecular complexity index is 497. The standard InChI is InChI=1S/C26H53N2O3P/c1-4-5-6-7-8-9-10-11-12-13-14-15-16-17-18-19-21-27-22-20-23-28-32(29)30-24-26(2,3)25-31-32/h11-12,27H,4-10,13-25H2,1-3H3,(H,28,29)/b12-11-. The van der Waals surface area contributed by atoms with Gasteiger partial charge in [0.15, 0.2) is 0 Å². The highest BCUT2D eigenvalue weighted by molar-refractivity contribution is 7.51. The first-order valence-corrected chi connectivity index (χ1v) is 15.0. The van der Waals surface area contributed by atoms with Crippen LogP contribution in [0.3, 0.4) is 0 Å². The van der Waals surface area contributed by atoms with Gasteiger partial charge in [-0.05, 0) is 51.6 Å². The number of rotatable bonds is 21. The maximum Gasteiger partial charge on any atom is 0.405 e. The molecule has 0 amide bonds. The molecular formula is C26H53N2O3P. The van der Waals surface area contributed by atoms with E-state index >= 15 is 0 Å². The van der Waals surface area contributed by atoms with Gasteiger partial charge < -0.3 is 5.32 Å². The summed E-state index contributed by atoms with van der Waals surface area (Å²) in [6, 6.07) is 0. The summed E-state index contributed by atoms with van der Waals surface area (Å²) < 4.78 is 23.2. The minimum Gasteiger partial charge on any atom is -0.317 e. The molecule has 1 aliphatic rings. The largest absolute Gasteiger partial charge is 0.405 e. The van der Waals surface area contributed by atoms with E-state index in [0.717, 1.165) is 19.5 Å². The summed E-state index contributed by atoms with van der Waals surface area (Å²) in [5, 5.41) is 6.44. The Hall–Kier alpha value is -0.190. The molecule has 2 N–H and O–H groups in total. The van der Waals surface area contributed by atoms with Crippen molar-refractivity contribution in [3.05, 3.63) is 12.2 Å². The lowest BCUT2D eigenvalue weighted by Crippen LogP contribution is -2.33. The quantitative estimate of drug-likeness (QED) is 0.101. The van der Waals surface area contributed by atoms with Crippen LogP contribution >= 0.6 is 7.75 Å². The van der Waals surface area contributed by atoms with E-state index in [1.54, 1.807) is 0 Å². The summed E-state index contributed by atoms with van der Waals surface area (Å²) in [5.74, 6) is 0. The van der Waals surface area contributed by atoms with Crippen LogP contribution in [0.4, 0.5) is 0 Å². The fourth-order valence-electron chi connectivity index (χ4n) is 3.74. The van der Waals surface area contributed by atoms with Crippen molar-refractivity contribution in [2.75, 3.05) is 32.8 Å². The van der Waals surface area contributed by atoms with Gasteiger partial charge in [-0.3, -0.25) is 9.05 Å². The fraction of sp³-hybridized carbons (Fsp3) is 0.923. The lowest BCUT2D eigenvalue weighted by Gasteiger charge is -2.33. The summed E-state index contributed by atoms with van der Waals surface area (Å²) in [5.41, 5.74) is -0.0544. The average Bonchev–Trinajstić information content (AvgIpc) is 2.77. The maximum absolute atomic E-state index is 12.3. The summed E-state index contributed by atoms with van der Waals surface area (Å²) in [7, 11) is -3.07. The Labute approximate surface area is 199 Å². The summed E-state index contributed by atoms with van der Waals surface area (Å²) in [6.45, 7) is 9.99. The highest BCUT2D eigenvalue weighted by Crippen LogP contribution is 2.49. The molecule has 190 valence electrons. The maximum atomic E-state index is 12.3. The predicted octanol–water partition coefficient (Wildman–Crippen LogP) is 7.77. The number of nitrogens with one attached hydrogen (secondary N) is 2. The van der Waals surface area contributed by atoms with Crippen molar-refractivity contribution in [3.8, 4) is 0 Å². The van der Waals surface area contributed by atoms with Gasteiger partial charge in [-0.25, -0.2) is 9.65 Å². The SMILES string of the molecule is CCCCCCCC/C=C\CCCCCCCCNCCCNP1(=O)OCC(C)(C)CO1. The van der Waals surface area contributed by atoms with Gasteiger partial charge in [0.25, 0.3) is 0 Å². The molecule has 32 heavy (non-hydrogen) atoms. The van der Waals surface area contributed by atoms with Gasteiger partial charge in [-0.15, -0.1) is 0 Å². The smallest absolute Gasteiger partial charge is 0.317 e. The van der Waals surface area contributed by atoms with Crippen molar-refractivity contribution in [1.29, 1.82) is 0 Å². The van der Waals surface area contributed by atoms with Crippen LogP contribution in [0, 0.1) is 5.41 Å². The van der Waals surface area contributed by atoms with E-state index in [0.29, 0.717) is 19.8 Å². The second kappa shape index (κ2) is 19.2. The Kier molecular flexibility index (Phi) is 17.9. The van der Waals surface area contributed by atoms with Gasteiger partial charge in [0, 0.05) is 12.0 Å². The third kappa shape index (κ3) is 17.3. The Morgan fingerprint density at radius 1 is 0.719 bits per heavy atom. The van der Waals surface area contributed by atoms with Gasteiger partial charge in [0.05, 0.1) is 13.2 Å². The normalized spacial score (nSPS) is 17.8. The van der Waals surface area contributed by atoms with E-state index in [1.165, 1.54) is 89.9 Å². The molecule has 0 atom stereocenters. The van der Waals surface area contributed by atoms with Crippen LogP contribution in [0.2, 0.25) is 0 Å². The lowest BCUT2D eigenvalue weighted by atomic mass is 9.97. The lowest BCUT2D eigenvalue weighted by molar-refractivity contribution is 0.0372. The minimum absolute atomic E-state index is 0.0544. The summed E-state index contributed by atoms with van der Waals surface area (Å²) in [6.07, 6.45) is 24.6. The third-order valence-electron chi connectivity index (χ3n) is 5.95. The van der Waals surface area contributed by atoms with Crippen LogP contribution in [-0.2, 0) is 13.6 Å². The molecule has 0 spiro atoms. The molecule has 1 heterocycles. The highest BCUT2D eigenvalue weighted by Gasteiger charge is 2.36. The highest BCUT2D eigenvalue weighted by atomic mass is 31.2. The first-order valence-electron chi connectivity index (χ1n) is 13.5. The zero-order valence-corrected chi connectivity index (χ0v) is 22.4. The molecule has 0 saturated carbocycles. The number of hydrogen-bond acceptors (Lipinski definition) is 4. The monoisotopic (exact) mass is 472 g/mol. The second-order valence-electron chi connectivity index (χ2n) is 10.2. The Balaban J connectivity index is 1.76. The van der Waals surface area contributed by atoms with Crippen LogP contribution in [-0.4, -0.2) is 32.8 Å². The molecule has 0 aromatic heterocycles. The molecule has 1 aliphatic heterocycles. The summed E-state index contributed by atoms with van der Waals surface area (Å²) in [4.78, 5) is 0. The number of unbranched alkanes of at least 4 members (excludes halogenated alkanes) is 12. The fourth-order valence-corrected chi connectivity index (χ4v) is 5.47. The van der Waals surface area contributed by atoms with Gasteiger partial charge in [0.1, 0.15) is 0 Å². The van der Waals surface area contributed by atoms with Gasteiger partial charge in [-0.1, -0.05) is 90.7 Å². The second-order valence-corrected chi connectivity index (χ2v) is 12.0. The molecular weight excluding hydrogens is 419 g/mol. The van der Waals surface area contributed by atoms with Crippen molar-refractivity contribution < 1.29 is 13.6 Å². The molecule has 1 fully saturated rings. The van der Waals surface area contributed by atoms with Crippen LogP contribution in [0.15, 0.2) is 12.2 Å². The van der Waals surface area contributed by atoms with Crippen LogP contribution in [0.1, 0.15) is 117 Å². The van der Waals surface area contributed by atoms with Crippen molar-refractivity contribution in [2.45, 2.75) is 117 Å². The Morgan fingerprint density at radius 3 is 1.81 bits per heavy atom. The molecule has 0 aliphatic carbocycles. The Morgan fingerprint density at radius 2 is 1.22 bits per heavy atom. The van der Waals surface area contributed by atoms with E-state index in [9.17, 15) is 4.57 Å². The van der Waals surface area contributed by atoms with Crippen LogP contribution < -0.4 is 10.4 Å². The molecule has 1 saturated heterocycles. The first kappa shape index (κ1) is 29.8. The molecule has 5 nitrogen and oxygen atoms in total. The van der Waals surface area contributed by atoms with Crippen molar-refractivity contribution in [3.63, 3.8) is 0 Å². The van der Waals surface area contributed by atoms with Crippen LogP contribution in [0.25, 0.3) is 0 Å². The zero-order chi connectivity index (χ0) is 23.4. The zero-order valence-electron chi connectivity index (χ0n) is 21.5. The average molecular weight is 473 g/mol. The van der Waals surface area contributed by atoms with Crippen molar-refractivity contribution >= 4 is 7.75 Å². The van der Waals surface area contributed by atoms with Gasteiger partial charge >= 0.3 is 7.75 Å². The topological polar surface area (TPSA) is 59.6 Å².